The molecule has 0 atom stereocenters. The summed E-state index contributed by atoms with van der Waals surface area (Å²) in [6, 6.07) is 17.1. The summed E-state index contributed by atoms with van der Waals surface area (Å²) in [5.41, 5.74) is 7.63. The van der Waals surface area contributed by atoms with Crippen LogP contribution in [0.3, 0.4) is 0 Å². The van der Waals surface area contributed by atoms with E-state index in [0.29, 0.717) is 31.2 Å². The van der Waals surface area contributed by atoms with Gasteiger partial charge in [0.2, 0.25) is 0 Å². The second-order valence-corrected chi connectivity index (χ2v) is 5.41. The van der Waals surface area contributed by atoms with Gasteiger partial charge in [-0.3, -0.25) is 9.79 Å². The Balaban J connectivity index is 0.00000338. The molecule has 0 saturated heterocycles. The van der Waals surface area contributed by atoms with Crippen molar-refractivity contribution >= 4 is 35.8 Å². The summed E-state index contributed by atoms with van der Waals surface area (Å²) in [6.07, 6.45) is 0.845. The molecule has 0 saturated carbocycles. The average molecular weight is 468 g/mol. The third-order valence-corrected chi connectivity index (χ3v) is 3.59. The minimum atomic E-state index is -0.135. The number of amides is 1. The molecule has 0 aliphatic heterocycles. The van der Waals surface area contributed by atoms with E-state index in [9.17, 15) is 4.79 Å². The lowest BCUT2D eigenvalue weighted by Gasteiger charge is -2.08. The van der Waals surface area contributed by atoms with Gasteiger partial charge < -0.3 is 21.1 Å². The van der Waals surface area contributed by atoms with E-state index in [1.165, 1.54) is 5.56 Å². The van der Waals surface area contributed by atoms with Crippen LogP contribution in [0.15, 0.2) is 59.6 Å². The van der Waals surface area contributed by atoms with Crippen molar-refractivity contribution in [3.05, 3.63) is 65.7 Å². The lowest BCUT2D eigenvalue weighted by molar-refractivity contribution is 0.0954. The Labute approximate surface area is 171 Å². The Morgan fingerprint density at radius 3 is 2.35 bits per heavy atom. The Hall–Kier alpha value is -2.29. The topological polar surface area (TPSA) is 88.7 Å². The molecule has 1 amide bonds. The predicted molar refractivity (Wildman–Crippen MR) is 115 cm³/mol. The molecule has 4 N–H and O–H groups in total. The van der Waals surface area contributed by atoms with E-state index in [1.807, 2.05) is 18.2 Å². The highest BCUT2D eigenvalue weighted by atomic mass is 127. The maximum Gasteiger partial charge on any atom is 0.251 e. The van der Waals surface area contributed by atoms with Crippen LogP contribution < -0.4 is 21.1 Å². The van der Waals surface area contributed by atoms with Crippen molar-refractivity contribution < 1.29 is 9.53 Å². The number of hydrogen-bond donors (Lipinski definition) is 3. The van der Waals surface area contributed by atoms with Crippen molar-refractivity contribution in [3.63, 3.8) is 0 Å². The SMILES string of the molecule is COc1ccc(C(=O)NCCNC(N)=NCCc2ccccc2)cc1.I. The van der Waals surface area contributed by atoms with Gasteiger partial charge in [0.25, 0.3) is 5.91 Å². The quantitative estimate of drug-likeness (QED) is 0.240. The molecule has 0 fully saturated rings. The highest BCUT2D eigenvalue weighted by Crippen LogP contribution is 2.10. The molecule has 2 aromatic carbocycles. The lowest BCUT2D eigenvalue weighted by Crippen LogP contribution is -2.38. The van der Waals surface area contributed by atoms with E-state index < -0.39 is 0 Å². The minimum absolute atomic E-state index is 0. The van der Waals surface area contributed by atoms with Crippen molar-refractivity contribution in [3.8, 4) is 5.75 Å². The molecular formula is C19H25IN4O2. The van der Waals surface area contributed by atoms with Gasteiger partial charge in [-0.05, 0) is 36.2 Å². The van der Waals surface area contributed by atoms with E-state index in [2.05, 4.69) is 27.8 Å². The van der Waals surface area contributed by atoms with Crippen LogP contribution in [0.1, 0.15) is 15.9 Å². The maximum atomic E-state index is 12.0. The van der Waals surface area contributed by atoms with Crippen LogP contribution in [0.4, 0.5) is 0 Å². The van der Waals surface area contributed by atoms with E-state index in [1.54, 1.807) is 31.4 Å². The molecule has 2 aromatic rings. The first-order valence-corrected chi connectivity index (χ1v) is 8.19. The molecule has 0 radical (unpaired) electrons. The first-order valence-electron chi connectivity index (χ1n) is 8.19. The minimum Gasteiger partial charge on any atom is -0.497 e. The molecular weight excluding hydrogens is 443 g/mol. The number of nitrogens with two attached hydrogens (primary N) is 1. The molecule has 140 valence electrons. The first kappa shape index (κ1) is 21.8. The van der Waals surface area contributed by atoms with Crippen molar-refractivity contribution in [1.82, 2.24) is 10.6 Å². The molecule has 0 aromatic heterocycles. The van der Waals surface area contributed by atoms with Crippen molar-refractivity contribution in [2.45, 2.75) is 6.42 Å². The van der Waals surface area contributed by atoms with Gasteiger partial charge in [-0.1, -0.05) is 30.3 Å². The molecule has 0 aliphatic carbocycles. The Morgan fingerprint density at radius 2 is 1.69 bits per heavy atom. The number of carbonyl (C=O) groups is 1. The number of methoxy groups -OCH3 is 1. The van der Waals surface area contributed by atoms with Crippen molar-refractivity contribution in [2.24, 2.45) is 10.7 Å². The largest absolute Gasteiger partial charge is 0.497 e. The van der Waals surface area contributed by atoms with Crippen LogP contribution in [0, 0.1) is 0 Å². The van der Waals surface area contributed by atoms with Gasteiger partial charge in [-0.15, -0.1) is 24.0 Å². The van der Waals surface area contributed by atoms with Gasteiger partial charge in [0, 0.05) is 25.2 Å². The van der Waals surface area contributed by atoms with Gasteiger partial charge in [0.05, 0.1) is 7.11 Å². The molecule has 0 bridgehead atoms. The average Bonchev–Trinajstić information content (AvgIpc) is 2.66. The third kappa shape index (κ3) is 7.73. The number of guanidine groups is 1. The zero-order valence-electron chi connectivity index (χ0n) is 14.8. The fourth-order valence-corrected chi connectivity index (χ4v) is 2.22. The van der Waals surface area contributed by atoms with Crippen LogP contribution in [0.2, 0.25) is 0 Å². The van der Waals surface area contributed by atoms with Crippen LogP contribution in [0.25, 0.3) is 0 Å². The Morgan fingerprint density at radius 1 is 1.04 bits per heavy atom. The van der Waals surface area contributed by atoms with Gasteiger partial charge in [0.1, 0.15) is 5.75 Å². The number of nitrogens with zero attached hydrogens (tertiary/aromatic N) is 1. The zero-order valence-corrected chi connectivity index (χ0v) is 17.1. The smallest absolute Gasteiger partial charge is 0.251 e. The molecule has 26 heavy (non-hydrogen) atoms. The summed E-state index contributed by atoms with van der Waals surface area (Å²) in [4.78, 5) is 16.2. The predicted octanol–water partition coefficient (Wildman–Crippen LogP) is 2.19. The molecule has 0 spiro atoms. The van der Waals surface area contributed by atoms with Crippen molar-refractivity contribution in [2.75, 3.05) is 26.7 Å². The molecule has 0 heterocycles. The summed E-state index contributed by atoms with van der Waals surface area (Å²) in [6.45, 7) is 1.60. The fraction of sp³-hybridized carbons (Fsp3) is 0.263. The van der Waals surface area contributed by atoms with Crippen molar-refractivity contribution in [1.29, 1.82) is 0 Å². The molecule has 0 aliphatic rings. The standard InChI is InChI=1S/C19H24N4O2.HI/c1-25-17-9-7-16(8-10-17)18(24)21-13-14-23-19(20)22-12-11-15-5-3-2-4-6-15;/h2-10H,11-14H2,1H3,(H,21,24)(H3,20,22,23);1H. The van der Waals surface area contributed by atoms with Crippen LogP contribution in [-0.2, 0) is 6.42 Å². The highest BCUT2D eigenvalue weighted by Gasteiger charge is 2.04. The van der Waals surface area contributed by atoms with E-state index >= 15 is 0 Å². The summed E-state index contributed by atoms with van der Waals surface area (Å²) >= 11 is 0. The first-order chi connectivity index (χ1) is 12.2. The lowest BCUT2D eigenvalue weighted by atomic mass is 10.2. The summed E-state index contributed by atoms with van der Waals surface area (Å²) in [5.74, 6) is 0.969. The number of ether oxygens (including phenoxy) is 1. The van der Waals surface area contributed by atoms with Gasteiger partial charge in [0.15, 0.2) is 5.96 Å². The maximum absolute atomic E-state index is 12.0. The van der Waals surface area contributed by atoms with Crippen LogP contribution in [-0.4, -0.2) is 38.6 Å². The van der Waals surface area contributed by atoms with E-state index in [4.69, 9.17) is 10.5 Å². The normalized spacial score (nSPS) is 10.6. The number of aliphatic imine (C=N–C) groups is 1. The number of carbonyl (C=O) groups excluding carboxylic acids is 1. The molecule has 0 unspecified atom stereocenters. The fourth-order valence-electron chi connectivity index (χ4n) is 2.22. The van der Waals surface area contributed by atoms with Crippen LogP contribution in [0.5, 0.6) is 5.75 Å². The highest BCUT2D eigenvalue weighted by molar-refractivity contribution is 14.0. The van der Waals surface area contributed by atoms with Gasteiger partial charge in [-0.2, -0.15) is 0 Å². The van der Waals surface area contributed by atoms with Gasteiger partial charge in [-0.25, -0.2) is 0 Å². The molecule has 7 heteroatoms. The zero-order chi connectivity index (χ0) is 17.9. The van der Waals surface area contributed by atoms with Crippen LogP contribution >= 0.6 is 24.0 Å². The number of hydrogen-bond acceptors (Lipinski definition) is 3. The summed E-state index contributed by atoms with van der Waals surface area (Å²) in [5, 5.41) is 5.81. The third-order valence-electron chi connectivity index (χ3n) is 3.59. The molecule has 2 rings (SSSR count). The second-order valence-electron chi connectivity index (χ2n) is 5.41. The monoisotopic (exact) mass is 468 g/mol. The number of benzene rings is 2. The number of nitrogens with one attached hydrogen (secondary N) is 2. The summed E-state index contributed by atoms with van der Waals surface area (Å²) in [7, 11) is 1.59. The van der Waals surface area contributed by atoms with E-state index in [0.717, 1.165) is 12.2 Å². The summed E-state index contributed by atoms with van der Waals surface area (Å²) < 4.78 is 5.07. The Bertz CT molecular complexity index is 690. The Kier molecular flexibility index (Phi) is 10.1. The van der Waals surface area contributed by atoms with Gasteiger partial charge >= 0.3 is 0 Å². The number of halogens is 1. The van der Waals surface area contributed by atoms with E-state index in [-0.39, 0.29) is 29.9 Å². The number of rotatable bonds is 8. The second kappa shape index (κ2) is 12.1. The molecule has 6 nitrogen and oxygen atoms in total.